The molecule has 1 heterocycles. The maximum Gasteiger partial charge on any atom is 0.163 e. The maximum atomic E-state index is 9.21. The lowest BCUT2D eigenvalue weighted by Crippen LogP contribution is -2.09. The van der Waals surface area contributed by atoms with Crippen LogP contribution in [0.3, 0.4) is 0 Å². The molecular formula is C15H20N4O. The van der Waals surface area contributed by atoms with Gasteiger partial charge in [0.25, 0.3) is 0 Å². The third-order valence-electron chi connectivity index (χ3n) is 2.88. The average molecular weight is 272 g/mol. The molecule has 1 aromatic carbocycles. The molecule has 0 aliphatic rings. The third kappa shape index (κ3) is 4.20. The lowest BCUT2D eigenvalue weighted by molar-refractivity contribution is 0.183. The normalized spacial score (nSPS) is 12.1. The van der Waals surface area contributed by atoms with Crippen LogP contribution in [0.15, 0.2) is 36.4 Å². The largest absolute Gasteiger partial charge is 0.393 e. The third-order valence-corrected chi connectivity index (χ3v) is 2.88. The van der Waals surface area contributed by atoms with Gasteiger partial charge in [0.15, 0.2) is 5.82 Å². The Kier molecular flexibility index (Phi) is 4.90. The number of nitrogen functional groups attached to an aromatic ring is 1. The van der Waals surface area contributed by atoms with Crippen LogP contribution in [0.5, 0.6) is 0 Å². The van der Waals surface area contributed by atoms with Gasteiger partial charge in [-0.25, -0.2) is 9.97 Å². The van der Waals surface area contributed by atoms with Crippen LogP contribution in [-0.2, 0) is 0 Å². The predicted octanol–water partition coefficient (Wildman–Crippen LogP) is 2.30. The van der Waals surface area contributed by atoms with Gasteiger partial charge >= 0.3 is 0 Å². The number of nitrogens with zero attached hydrogens (tertiary/aromatic N) is 2. The fourth-order valence-corrected chi connectivity index (χ4v) is 1.89. The molecule has 0 radical (unpaired) electrons. The molecule has 0 aliphatic carbocycles. The first-order valence-electron chi connectivity index (χ1n) is 6.77. The summed E-state index contributed by atoms with van der Waals surface area (Å²) in [6.07, 6.45) is 1.37. The SMILES string of the molecule is CC(O)CCCNc1cc(N)nc(-c2ccccc2)n1. The maximum absolute atomic E-state index is 9.21. The number of hydrogen-bond donors (Lipinski definition) is 3. The Morgan fingerprint density at radius 1 is 1.25 bits per heavy atom. The first-order chi connectivity index (χ1) is 9.65. The van der Waals surface area contributed by atoms with Crippen LogP contribution in [-0.4, -0.2) is 27.7 Å². The Hall–Kier alpha value is -2.14. The van der Waals surface area contributed by atoms with Crippen LogP contribution in [0.25, 0.3) is 11.4 Å². The van der Waals surface area contributed by atoms with Gasteiger partial charge in [0.2, 0.25) is 0 Å². The van der Waals surface area contributed by atoms with Crippen LogP contribution in [0.2, 0.25) is 0 Å². The summed E-state index contributed by atoms with van der Waals surface area (Å²) in [7, 11) is 0. The molecule has 4 N–H and O–H groups in total. The summed E-state index contributed by atoms with van der Waals surface area (Å²) < 4.78 is 0. The van der Waals surface area contributed by atoms with E-state index >= 15 is 0 Å². The highest BCUT2D eigenvalue weighted by Crippen LogP contribution is 2.18. The van der Waals surface area contributed by atoms with Gasteiger partial charge in [-0.15, -0.1) is 0 Å². The lowest BCUT2D eigenvalue weighted by Gasteiger charge is -2.09. The lowest BCUT2D eigenvalue weighted by atomic mass is 10.2. The zero-order chi connectivity index (χ0) is 14.4. The Labute approximate surface area is 118 Å². The van der Waals surface area contributed by atoms with Crippen molar-refractivity contribution in [2.75, 3.05) is 17.6 Å². The first-order valence-corrected chi connectivity index (χ1v) is 6.77. The Bertz CT molecular complexity index is 543. The van der Waals surface area contributed by atoms with E-state index in [0.717, 1.165) is 24.9 Å². The molecule has 1 unspecified atom stereocenters. The van der Waals surface area contributed by atoms with E-state index in [-0.39, 0.29) is 6.10 Å². The van der Waals surface area contributed by atoms with E-state index in [9.17, 15) is 5.11 Å². The predicted molar refractivity (Wildman–Crippen MR) is 81.3 cm³/mol. The Morgan fingerprint density at radius 2 is 2.00 bits per heavy atom. The summed E-state index contributed by atoms with van der Waals surface area (Å²) in [5.41, 5.74) is 6.75. The fourth-order valence-electron chi connectivity index (χ4n) is 1.89. The van der Waals surface area contributed by atoms with Crippen molar-refractivity contribution >= 4 is 11.6 Å². The van der Waals surface area contributed by atoms with Crippen LogP contribution in [0.4, 0.5) is 11.6 Å². The quantitative estimate of drug-likeness (QED) is 0.703. The van der Waals surface area contributed by atoms with E-state index in [4.69, 9.17) is 5.73 Å². The minimum Gasteiger partial charge on any atom is -0.393 e. The standard InChI is InChI=1S/C15H20N4O/c1-11(20)6-5-9-17-14-10-13(16)18-15(19-14)12-7-3-2-4-8-12/h2-4,7-8,10-11,20H,5-6,9H2,1H3,(H3,16,17,18,19). The summed E-state index contributed by atoms with van der Waals surface area (Å²) in [5, 5.41) is 12.4. The van der Waals surface area contributed by atoms with Gasteiger partial charge in [-0.1, -0.05) is 30.3 Å². The number of aliphatic hydroxyl groups excluding tert-OH is 1. The number of rotatable bonds is 6. The zero-order valence-electron chi connectivity index (χ0n) is 11.6. The number of aromatic nitrogens is 2. The summed E-state index contributed by atoms with van der Waals surface area (Å²) in [5.74, 6) is 1.77. The van der Waals surface area contributed by atoms with Gasteiger partial charge in [-0.3, -0.25) is 0 Å². The Balaban J connectivity index is 2.05. The van der Waals surface area contributed by atoms with Crippen molar-refractivity contribution in [3.8, 4) is 11.4 Å². The summed E-state index contributed by atoms with van der Waals surface area (Å²) in [6.45, 7) is 2.53. The zero-order valence-corrected chi connectivity index (χ0v) is 11.6. The molecule has 0 bridgehead atoms. The molecule has 1 aromatic heterocycles. The number of aliphatic hydroxyl groups is 1. The summed E-state index contributed by atoms with van der Waals surface area (Å²) in [4.78, 5) is 8.70. The molecule has 0 amide bonds. The van der Waals surface area contributed by atoms with Gasteiger partial charge < -0.3 is 16.2 Å². The van der Waals surface area contributed by atoms with Gasteiger partial charge in [-0.2, -0.15) is 0 Å². The molecule has 1 atom stereocenters. The van der Waals surface area contributed by atoms with E-state index in [0.29, 0.717) is 17.5 Å². The number of benzene rings is 1. The van der Waals surface area contributed by atoms with Gasteiger partial charge in [-0.05, 0) is 19.8 Å². The average Bonchev–Trinajstić information content (AvgIpc) is 2.44. The molecule has 5 nitrogen and oxygen atoms in total. The van der Waals surface area contributed by atoms with Crippen LogP contribution < -0.4 is 11.1 Å². The monoisotopic (exact) mass is 272 g/mol. The molecule has 106 valence electrons. The topological polar surface area (TPSA) is 84.1 Å². The molecule has 2 aromatic rings. The molecule has 0 saturated heterocycles. The molecule has 0 saturated carbocycles. The van der Waals surface area contributed by atoms with Crippen LogP contribution >= 0.6 is 0 Å². The summed E-state index contributed by atoms with van der Waals surface area (Å²) >= 11 is 0. The smallest absolute Gasteiger partial charge is 0.163 e. The van der Waals surface area contributed by atoms with E-state index < -0.39 is 0 Å². The number of nitrogens with one attached hydrogen (secondary N) is 1. The molecular weight excluding hydrogens is 252 g/mol. The van der Waals surface area contributed by atoms with E-state index in [1.54, 1.807) is 13.0 Å². The van der Waals surface area contributed by atoms with Gasteiger partial charge in [0.05, 0.1) is 6.10 Å². The van der Waals surface area contributed by atoms with Crippen molar-refractivity contribution in [1.29, 1.82) is 0 Å². The van der Waals surface area contributed by atoms with Crippen molar-refractivity contribution < 1.29 is 5.11 Å². The highest BCUT2D eigenvalue weighted by atomic mass is 16.3. The van der Waals surface area contributed by atoms with Gasteiger partial charge in [0, 0.05) is 18.2 Å². The van der Waals surface area contributed by atoms with E-state index in [1.807, 2.05) is 30.3 Å². The molecule has 0 spiro atoms. The molecule has 5 heteroatoms. The first kappa shape index (κ1) is 14.3. The number of anilines is 2. The second-order valence-corrected chi connectivity index (χ2v) is 4.79. The molecule has 0 fully saturated rings. The van der Waals surface area contributed by atoms with Crippen molar-refractivity contribution in [3.63, 3.8) is 0 Å². The van der Waals surface area contributed by atoms with Crippen molar-refractivity contribution in [1.82, 2.24) is 9.97 Å². The molecule has 0 aliphatic heterocycles. The minimum absolute atomic E-state index is 0.271. The minimum atomic E-state index is -0.271. The highest BCUT2D eigenvalue weighted by Gasteiger charge is 2.05. The second-order valence-electron chi connectivity index (χ2n) is 4.79. The van der Waals surface area contributed by atoms with Crippen LogP contribution in [0.1, 0.15) is 19.8 Å². The van der Waals surface area contributed by atoms with Crippen LogP contribution in [0, 0.1) is 0 Å². The number of nitrogens with two attached hydrogens (primary N) is 1. The van der Waals surface area contributed by atoms with Crippen molar-refractivity contribution in [3.05, 3.63) is 36.4 Å². The summed E-state index contributed by atoms with van der Waals surface area (Å²) in [6, 6.07) is 11.5. The second kappa shape index (κ2) is 6.86. The number of hydrogen-bond acceptors (Lipinski definition) is 5. The Morgan fingerprint density at radius 3 is 2.70 bits per heavy atom. The van der Waals surface area contributed by atoms with Crippen molar-refractivity contribution in [2.24, 2.45) is 0 Å². The molecule has 20 heavy (non-hydrogen) atoms. The van der Waals surface area contributed by atoms with Gasteiger partial charge in [0.1, 0.15) is 11.6 Å². The van der Waals surface area contributed by atoms with Crippen molar-refractivity contribution in [2.45, 2.75) is 25.9 Å². The molecule has 2 rings (SSSR count). The fraction of sp³-hybridized carbons (Fsp3) is 0.333. The van der Waals surface area contributed by atoms with E-state index in [2.05, 4.69) is 15.3 Å². The highest BCUT2D eigenvalue weighted by molar-refractivity contribution is 5.60. The van der Waals surface area contributed by atoms with E-state index in [1.165, 1.54) is 0 Å².